The lowest BCUT2D eigenvalue weighted by Crippen LogP contribution is -1.97. The quantitative estimate of drug-likeness (QED) is 0.0830. The van der Waals surface area contributed by atoms with E-state index in [9.17, 15) is 4.79 Å². The minimum atomic E-state index is -0.0321. The third-order valence-electron chi connectivity index (χ3n) is 7.00. The van der Waals surface area contributed by atoms with Gasteiger partial charge in [0.15, 0.2) is 5.78 Å². The first kappa shape index (κ1) is 31.7. The molecule has 210 valence electrons. The maximum atomic E-state index is 12.5. The van der Waals surface area contributed by atoms with Crippen molar-refractivity contribution in [1.82, 2.24) is 0 Å². The number of carbonyl (C=O) groups is 1. The van der Waals surface area contributed by atoms with Crippen LogP contribution >= 0.6 is 0 Å². The van der Waals surface area contributed by atoms with Gasteiger partial charge in [0.05, 0.1) is 13.2 Å². The highest BCUT2D eigenvalue weighted by Gasteiger charge is 2.03. The van der Waals surface area contributed by atoms with Gasteiger partial charge in [0.1, 0.15) is 11.5 Å². The fourth-order valence-corrected chi connectivity index (χ4v) is 4.69. The zero-order chi connectivity index (χ0) is 27.1. The summed E-state index contributed by atoms with van der Waals surface area (Å²) < 4.78 is 11.4. The lowest BCUT2D eigenvalue weighted by molar-refractivity contribution is 0.104. The Kier molecular flexibility index (Phi) is 17.8. The molecule has 0 aromatic heterocycles. The Labute approximate surface area is 233 Å². The normalized spacial score (nSPS) is 11.2. The van der Waals surface area contributed by atoms with E-state index in [0.717, 1.165) is 30.1 Å². The number of allylic oxidation sites excluding steroid dienone is 1. The Balaban J connectivity index is 1.46. The van der Waals surface area contributed by atoms with Crippen molar-refractivity contribution < 1.29 is 14.3 Å². The SMILES string of the molecule is CCCCCCCCCCCCCCCCCCOc1ccc(C=CC(=O)c2cccc(OCC)c2)cc1. The fraction of sp³-hybridized carbons (Fsp3) is 0.571. The molecule has 0 aliphatic carbocycles. The van der Waals surface area contributed by atoms with E-state index in [0.29, 0.717) is 12.2 Å². The van der Waals surface area contributed by atoms with Crippen LogP contribution in [0.4, 0.5) is 0 Å². The van der Waals surface area contributed by atoms with Gasteiger partial charge in [0, 0.05) is 5.56 Å². The molecule has 0 amide bonds. The van der Waals surface area contributed by atoms with E-state index in [4.69, 9.17) is 9.47 Å². The second-order valence-corrected chi connectivity index (χ2v) is 10.4. The van der Waals surface area contributed by atoms with Crippen molar-refractivity contribution in [3.8, 4) is 11.5 Å². The first-order valence-electron chi connectivity index (χ1n) is 15.4. The standard InChI is InChI=1S/C35H52O3/c1-3-5-6-7-8-9-10-11-12-13-14-15-16-17-18-19-29-38-33-26-23-31(24-27-33)25-28-35(36)32-21-20-22-34(30-32)37-4-2/h20-28,30H,3-19,29H2,1-2H3. The van der Waals surface area contributed by atoms with Crippen LogP contribution < -0.4 is 9.47 Å². The minimum absolute atomic E-state index is 0.0321. The van der Waals surface area contributed by atoms with Crippen molar-refractivity contribution in [2.75, 3.05) is 13.2 Å². The summed E-state index contributed by atoms with van der Waals surface area (Å²) in [6, 6.07) is 15.2. The van der Waals surface area contributed by atoms with Crippen molar-refractivity contribution in [2.24, 2.45) is 0 Å². The highest BCUT2D eigenvalue weighted by Crippen LogP contribution is 2.17. The maximum absolute atomic E-state index is 12.5. The second-order valence-electron chi connectivity index (χ2n) is 10.4. The molecule has 0 unspecified atom stereocenters. The van der Waals surface area contributed by atoms with E-state index in [-0.39, 0.29) is 5.78 Å². The van der Waals surface area contributed by atoms with Crippen LogP contribution in [0.1, 0.15) is 133 Å². The highest BCUT2D eigenvalue weighted by molar-refractivity contribution is 6.07. The molecule has 0 fully saturated rings. The third kappa shape index (κ3) is 15.0. The average molecular weight is 521 g/mol. The van der Waals surface area contributed by atoms with Crippen molar-refractivity contribution in [1.29, 1.82) is 0 Å². The van der Waals surface area contributed by atoms with Crippen LogP contribution in [-0.4, -0.2) is 19.0 Å². The molecule has 0 radical (unpaired) electrons. The van der Waals surface area contributed by atoms with E-state index < -0.39 is 0 Å². The molecule has 3 nitrogen and oxygen atoms in total. The number of hydrogen-bond donors (Lipinski definition) is 0. The van der Waals surface area contributed by atoms with E-state index in [1.807, 2.05) is 55.5 Å². The summed E-state index contributed by atoms with van der Waals surface area (Å²) in [5.41, 5.74) is 1.61. The third-order valence-corrected chi connectivity index (χ3v) is 7.00. The Morgan fingerprint density at radius 1 is 0.632 bits per heavy atom. The zero-order valence-corrected chi connectivity index (χ0v) is 24.2. The summed E-state index contributed by atoms with van der Waals surface area (Å²) in [7, 11) is 0. The van der Waals surface area contributed by atoms with Crippen LogP contribution in [0.3, 0.4) is 0 Å². The molecule has 0 saturated carbocycles. The predicted molar refractivity (Wildman–Crippen MR) is 162 cm³/mol. The van der Waals surface area contributed by atoms with Crippen LogP contribution in [0, 0.1) is 0 Å². The lowest BCUT2D eigenvalue weighted by Gasteiger charge is -2.07. The van der Waals surface area contributed by atoms with E-state index in [2.05, 4.69) is 6.92 Å². The molecule has 0 atom stereocenters. The average Bonchev–Trinajstić information content (AvgIpc) is 2.94. The van der Waals surface area contributed by atoms with Gasteiger partial charge < -0.3 is 9.47 Å². The summed E-state index contributed by atoms with van der Waals surface area (Å²) in [6.45, 7) is 5.57. The van der Waals surface area contributed by atoms with Gasteiger partial charge in [0.2, 0.25) is 0 Å². The molecule has 0 heterocycles. The van der Waals surface area contributed by atoms with Gasteiger partial charge in [-0.3, -0.25) is 4.79 Å². The first-order chi connectivity index (χ1) is 18.7. The van der Waals surface area contributed by atoms with Gasteiger partial charge in [-0.05, 0) is 49.2 Å². The molecular formula is C35H52O3. The predicted octanol–water partition coefficient (Wildman–Crippen LogP) is 10.6. The number of carbonyl (C=O) groups excluding carboxylic acids is 1. The number of unbranched alkanes of at least 4 members (excludes halogenated alkanes) is 15. The lowest BCUT2D eigenvalue weighted by atomic mass is 10.0. The summed E-state index contributed by atoms with van der Waals surface area (Å²) in [5.74, 6) is 1.58. The first-order valence-corrected chi connectivity index (χ1v) is 15.4. The number of hydrogen-bond acceptors (Lipinski definition) is 3. The van der Waals surface area contributed by atoms with Crippen LogP contribution in [-0.2, 0) is 0 Å². The Bertz CT molecular complexity index is 884. The molecule has 38 heavy (non-hydrogen) atoms. The Morgan fingerprint density at radius 3 is 1.74 bits per heavy atom. The smallest absolute Gasteiger partial charge is 0.185 e. The van der Waals surface area contributed by atoms with Crippen LogP contribution in [0.25, 0.3) is 6.08 Å². The van der Waals surface area contributed by atoms with Gasteiger partial charge in [-0.1, -0.05) is 134 Å². The number of ether oxygens (including phenoxy) is 2. The monoisotopic (exact) mass is 520 g/mol. The van der Waals surface area contributed by atoms with Gasteiger partial charge in [-0.25, -0.2) is 0 Å². The summed E-state index contributed by atoms with van der Waals surface area (Å²) in [4.78, 5) is 12.5. The molecule has 0 aliphatic heterocycles. The number of rotatable bonds is 23. The number of ketones is 1. The summed E-state index contributed by atoms with van der Waals surface area (Å²) in [6.07, 6.45) is 25.5. The van der Waals surface area contributed by atoms with Crippen LogP contribution in [0.2, 0.25) is 0 Å². The van der Waals surface area contributed by atoms with Gasteiger partial charge in [-0.2, -0.15) is 0 Å². The molecular weight excluding hydrogens is 468 g/mol. The van der Waals surface area contributed by atoms with Gasteiger partial charge >= 0.3 is 0 Å². The number of benzene rings is 2. The summed E-state index contributed by atoms with van der Waals surface area (Å²) in [5, 5.41) is 0. The molecule has 0 bridgehead atoms. The van der Waals surface area contributed by atoms with Gasteiger partial charge in [0.25, 0.3) is 0 Å². The Hall–Kier alpha value is -2.55. The summed E-state index contributed by atoms with van der Waals surface area (Å²) >= 11 is 0. The van der Waals surface area contributed by atoms with E-state index in [1.165, 1.54) is 96.3 Å². The van der Waals surface area contributed by atoms with Crippen molar-refractivity contribution in [3.05, 3.63) is 65.7 Å². The molecule has 0 spiro atoms. The van der Waals surface area contributed by atoms with E-state index >= 15 is 0 Å². The Morgan fingerprint density at radius 2 is 1.18 bits per heavy atom. The maximum Gasteiger partial charge on any atom is 0.185 e. The molecule has 0 aliphatic rings. The van der Waals surface area contributed by atoms with Crippen LogP contribution in [0.15, 0.2) is 54.6 Å². The molecule has 0 saturated heterocycles. The van der Waals surface area contributed by atoms with Crippen molar-refractivity contribution in [2.45, 2.75) is 117 Å². The topological polar surface area (TPSA) is 35.5 Å². The molecule has 2 aromatic carbocycles. The fourth-order valence-electron chi connectivity index (χ4n) is 4.69. The molecule has 2 rings (SSSR count). The van der Waals surface area contributed by atoms with Gasteiger partial charge in [-0.15, -0.1) is 0 Å². The largest absolute Gasteiger partial charge is 0.494 e. The van der Waals surface area contributed by atoms with Crippen molar-refractivity contribution >= 4 is 11.9 Å². The molecule has 2 aromatic rings. The highest BCUT2D eigenvalue weighted by atomic mass is 16.5. The molecule has 3 heteroatoms. The van der Waals surface area contributed by atoms with Crippen molar-refractivity contribution in [3.63, 3.8) is 0 Å². The zero-order valence-electron chi connectivity index (χ0n) is 24.2. The minimum Gasteiger partial charge on any atom is -0.494 e. The van der Waals surface area contributed by atoms with Crippen LogP contribution in [0.5, 0.6) is 11.5 Å². The molecule has 0 N–H and O–H groups in total. The van der Waals surface area contributed by atoms with E-state index in [1.54, 1.807) is 12.1 Å². The second kappa shape index (κ2) is 21.4.